The predicted molar refractivity (Wildman–Crippen MR) is 66.6 cm³/mol. The van der Waals surface area contributed by atoms with Gasteiger partial charge in [-0.25, -0.2) is 4.79 Å². The summed E-state index contributed by atoms with van der Waals surface area (Å²) in [4.78, 5) is 23.6. The van der Waals surface area contributed by atoms with Crippen LogP contribution in [0.2, 0.25) is 0 Å². The van der Waals surface area contributed by atoms with Gasteiger partial charge in [0.25, 0.3) is 0 Å². The lowest BCUT2D eigenvalue weighted by molar-refractivity contribution is -0.143. The summed E-state index contributed by atoms with van der Waals surface area (Å²) >= 11 is 0. The molecule has 0 fully saturated rings. The number of furan rings is 1. The fraction of sp³-hybridized carbons (Fsp3) is 0.500. The maximum absolute atomic E-state index is 11.4. The van der Waals surface area contributed by atoms with Crippen molar-refractivity contribution < 1.29 is 23.8 Å². The first-order valence-corrected chi connectivity index (χ1v) is 5.76. The molecule has 1 unspecified atom stereocenters. The van der Waals surface area contributed by atoms with Gasteiger partial charge in [0.05, 0.1) is 12.3 Å². The summed E-state index contributed by atoms with van der Waals surface area (Å²) in [7, 11) is 3.75. The normalized spacial score (nSPS) is 12.4. The summed E-state index contributed by atoms with van der Waals surface area (Å²) < 4.78 is 9.99. The smallest absolute Gasteiger partial charge is 0.329 e. The van der Waals surface area contributed by atoms with Crippen LogP contribution in [0.5, 0.6) is 0 Å². The molecule has 2 N–H and O–H groups in total. The van der Waals surface area contributed by atoms with Gasteiger partial charge in [0.15, 0.2) is 0 Å². The molecule has 0 radical (unpaired) electrons. The third-order valence-corrected chi connectivity index (χ3v) is 2.45. The Morgan fingerprint density at radius 2 is 2.21 bits per heavy atom. The van der Waals surface area contributed by atoms with E-state index in [0.717, 1.165) is 5.76 Å². The maximum Gasteiger partial charge on any atom is 0.329 e. The van der Waals surface area contributed by atoms with Gasteiger partial charge in [0, 0.05) is 6.54 Å². The summed E-state index contributed by atoms with van der Waals surface area (Å²) in [5.74, 6) is -0.717. The molecule has 0 aliphatic heterocycles. The zero-order chi connectivity index (χ0) is 14.3. The van der Waals surface area contributed by atoms with Crippen LogP contribution in [0.3, 0.4) is 0 Å². The van der Waals surface area contributed by atoms with Crippen molar-refractivity contribution in [1.82, 2.24) is 10.2 Å². The lowest BCUT2D eigenvalue weighted by atomic mass is 10.2. The summed E-state index contributed by atoms with van der Waals surface area (Å²) in [5.41, 5.74) is 0. The number of rotatable bonds is 8. The van der Waals surface area contributed by atoms with E-state index in [9.17, 15) is 9.59 Å². The SMILES string of the molecule is CN(C)C(CNC(=O)COCC(=O)O)c1ccco1. The van der Waals surface area contributed by atoms with Crippen LogP contribution in [0, 0.1) is 0 Å². The van der Waals surface area contributed by atoms with E-state index in [1.165, 1.54) is 0 Å². The lowest BCUT2D eigenvalue weighted by Gasteiger charge is -2.22. The Kier molecular flexibility index (Phi) is 6.04. The monoisotopic (exact) mass is 270 g/mol. The molecule has 0 aromatic carbocycles. The van der Waals surface area contributed by atoms with E-state index in [0.29, 0.717) is 6.54 Å². The first kappa shape index (κ1) is 15.2. The molecule has 1 amide bonds. The molecule has 0 saturated carbocycles. The number of hydrogen-bond acceptors (Lipinski definition) is 5. The molecule has 7 heteroatoms. The van der Waals surface area contributed by atoms with Gasteiger partial charge < -0.3 is 19.6 Å². The number of carbonyl (C=O) groups excluding carboxylic acids is 1. The fourth-order valence-corrected chi connectivity index (χ4v) is 1.51. The highest BCUT2D eigenvalue weighted by molar-refractivity contribution is 5.77. The number of ether oxygens (including phenoxy) is 1. The standard InChI is InChI=1S/C12H18N2O5/c1-14(2)9(10-4-3-5-19-10)6-13-11(15)7-18-8-12(16)17/h3-5,9H,6-8H2,1-2H3,(H,13,15)(H,16,17). The Bertz CT molecular complexity index is 402. The average molecular weight is 270 g/mol. The quantitative estimate of drug-likeness (QED) is 0.696. The highest BCUT2D eigenvalue weighted by Gasteiger charge is 2.17. The number of carbonyl (C=O) groups is 2. The minimum atomic E-state index is -1.10. The van der Waals surface area contributed by atoms with E-state index in [1.54, 1.807) is 12.3 Å². The topological polar surface area (TPSA) is 92.0 Å². The fourth-order valence-electron chi connectivity index (χ4n) is 1.51. The zero-order valence-corrected chi connectivity index (χ0v) is 11.0. The van der Waals surface area contributed by atoms with Crippen LogP contribution in [-0.4, -0.2) is 55.7 Å². The van der Waals surface area contributed by atoms with E-state index >= 15 is 0 Å². The second kappa shape index (κ2) is 7.55. The molecule has 7 nitrogen and oxygen atoms in total. The molecule has 19 heavy (non-hydrogen) atoms. The van der Waals surface area contributed by atoms with Gasteiger partial charge in [-0.15, -0.1) is 0 Å². The molecule has 1 heterocycles. The van der Waals surface area contributed by atoms with Gasteiger partial charge in [-0.05, 0) is 26.2 Å². The number of hydrogen-bond donors (Lipinski definition) is 2. The van der Waals surface area contributed by atoms with Gasteiger partial charge in [-0.2, -0.15) is 0 Å². The third-order valence-electron chi connectivity index (χ3n) is 2.45. The van der Waals surface area contributed by atoms with Crippen LogP contribution in [0.25, 0.3) is 0 Å². The molecule has 0 bridgehead atoms. The third kappa shape index (κ3) is 5.54. The number of aliphatic carboxylic acids is 1. The highest BCUT2D eigenvalue weighted by Crippen LogP contribution is 2.17. The van der Waals surface area contributed by atoms with Crippen LogP contribution < -0.4 is 5.32 Å². The number of nitrogens with zero attached hydrogens (tertiary/aromatic N) is 1. The summed E-state index contributed by atoms with van der Waals surface area (Å²) in [5, 5.41) is 11.0. The van der Waals surface area contributed by atoms with Crippen molar-refractivity contribution in [3.05, 3.63) is 24.2 Å². The molecular weight excluding hydrogens is 252 g/mol. The summed E-state index contributed by atoms with van der Waals surface area (Å²) in [6, 6.07) is 3.53. The van der Waals surface area contributed by atoms with Crippen molar-refractivity contribution in [2.75, 3.05) is 33.9 Å². The first-order valence-electron chi connectivity index (χ1n) is 5.76. The molecule has 106 valence electrons. The molecule has 1 aromatic rings. The van der Waals surface area contributed by atoms with Crippen molar-refractivity contribution >= 4 is 11.9 Å². The van der Waals surface area contributed by atoms with E-state index in [-0.39, 0.29) is 18.6 Å². The van der Waals surface area contributed by atoms with Crippen molar-refractivity contribution in [2.24, 2.45) is 0 Å². The van der Waals surface area contributed by atoms with Gasteiger partial charge in [-0.3, -0.25) is 9.69 Å². The van der Waals surface area contributed by atoms with Gasteiger partial charge >= 0.3 is 5.97 Å². The minimum Gasteiger partial charge on any atom is -0.480 e. The second-order valence-corrected chi connectivity index (χ2v) is 4.19. The maximum atomic E-state index is 11.4. The van der Waals surface area contributed by atoms with Crippen LogP contribution in [0.15, 0.2) is 22.8 Å². The Hall–Kier alpha value is -1.86. The Balaban J connectivity index is 2.36. The molecule has 0 spiro atoms. The zero-order valence-electron chi connectivity index (χ0n) is 11.0. The van der Waals surface area contributed by atoms with Crippen molar-refractivity contribution in [3.63, 3.8) is 0 Å². The number of amides is 1. The van der Waals surface area contributed by atoms with Crippen LogP contribution in [0.1, 0.15) is 11.8 Å². The number of nitrogens with one attached hydrogen (secondary N) is 1. The van der Waals surface area contributed by atoms with Crippen molar-refractivity contribution in [3.8, 4) is 0 Å². The van der Waals surface area contributed by atoms with Crippen molar-refractivity contribution in [1.29, 1.82) is 0 Å². The Morgan fingerprint density at radius 1 is 1.47 bits per heavy atom. The van der Waals surface area contributed by atoms with E-state index in [1.807, 2.05) is 25.1 Å². The van der Waals surface area contributed by atoms with Gasteiger partial charge in [0.1, 0.15) is 19.0 Å². The average Bonchev–Trinajstić information content (AvgIpc) is 2.82. The second-order valence-electron chi connectivity index (χ2n) is 4.19. The van der Waals surface area contributed by atoms with E-state index < -0.39 is 12.6 Å². The number of likely N-dealkylation sites (N-methyl/N-ethyl adjacent to an activating group) is 1. The Labute approximate surface area is 111 Å². The van der Waals surface area contributed by atoms with E-state index in [2.05, 4.69) is 5.32 Å². The van der Waals surface area contributed by atoms with Crippen LogP contribution >= 0.6 is 0 Å². The number of carboxylic acid groups (broad SMARTS) is 1. The van der Waals surface area contributed by atoms with Crippen molar-refractivity contribution in [2.45, 2.75) is 6.04 Å². The van der Waals surface area contributed by atoms with Crippen LogP contribution in [0.4, 0.5) is 0 Å². The molecule has 1 aromatic heterocycles. The number of carboxylic acids is 1. The summed E-state index contributed by atoms with van der Waals surface area (Å²) in [6.07, 6.45) is 1.57. The summed E-state index contributed by atoms with van der Waals surface area (Å²) in [6.45, 7) is -0.400. The van der Waals surface area contributed by atoms with Crippen LogP contribution in [-0.2, 0) is 14.3 Å². The molecule has 0 saturated heterocycles. The highest BCUT2D eigenvalue weighted by atomic mass is 16.5. The Morgan fingerprint density at radius 3 is 2.74 bits per heavy atom. The van der Waals surface area contributed by atoms with Gasteiger partial charge in [0.2, 0.25) is 5.91 Å². The largest absolute Gasteiger partial charge is 0.480 e. The van der Waals surface area contributed by atoms with Gasteiger partial charge in [-0.1, -0.05) is 0 Å². The molecule has 1 rings (SSSR count). The predicted octanol–water partition coefficient (Wildman–Crippen LogP) is 0.0997. The lowest BCUT2D eigenvalue weighted by Crippen LogP contribution is -2.36. The molecule has 1 atom stereocenters. The molecular formula is C12H18N2O5. The molecule has 0 aliphatic rings. The van der Waals surface area contributed by atoms with E-state index in [4.69, 9.17) is 14.3 Å². The molecule has 0 aliphatic carbocycles. The minimum absolute atomic E-state index is 0.0848. The first-order chi connectivity index (χ1) is 9.00.